The quantitative estimate of drug-likeness (QED) is 0.659. The molecular weight excluding hydrogens is 166 g/mol. The highest BCUT2D eigenvalue weighted by atomic mass is 16.6. The molecule has 13 heavy (non-hydrogen) atoms. The van der Waals surface area contributed by atoms with Crippen LogP contribution in [0.3, 0.4) is 0 Å². The van der Waals surface area contributed by atoms with E-state index in [1.54, 1.807) is 6.20 Å². The second-order valence-corrected chi connectivity index (χ2v) is 3.52. The van der Waals surface area contributed by atoms with E-state index >= 15 is 0 Å². The summed E-state index contributed by atoms with van der Waals surface area (Å²) >= 11 is 0. The average Bonchev–Trinajstić information content (AvgIpc) is 2.17. The molecule has 70 valence electrons. The Balaban J connectivity index is 2.20. The van der Waals surface area contributed by atoms with Crippen LogP contribution in [0.1, 0.15) is 13.8 Å². The molecule has 0 fully saturated rings. The highest BCUT2D eigenvalue weighted by molar-refractivity contribution is 5.34. The van der Waals surface area contributed by atoms with Crippen molar-refractivity contribution in [2.24, 2.45) is 5.92 Å². The van der Waals surface area contributed by atoms with E-state index in [2.05, 4.69) is 18.8 Å². The normalized spacial score (nSPS) is 20.4. The van der Waals surface area contributed by atoms with Crippen molar-refractivity contribution in [1.29, 1.82) is 0 Å². The Labute approximate surface area is 77.7 Å². The number of pyridine rings is 1. The molecule has 0 amide bonds. The van der Waals surface area contributed by atoms with Gasteiger partial charge in [-0.05, 0) is 18.1 Å². The average molecular weight is 179 g/mol. The fourth-order valence-corrected chi connectivity index (χ4v) is 1.26. The van der Waals surface area contributed by atoms with Crippen LogP contribution in [0.15, 0.2) is 18.3 Å². The van der Waals surface area contributed by atoms with Crippen molar-refractivity contribution in [3.8, 4) is 11.6 Å². The van der Waals surface area contributed by atoms with Crippen LogP contribution >= 0.6 is 0 Å². The van der Waals surface area contributed by atoms with Crippen molar-refractivity contribution >= 4 is 0 Å². The molecule has 0 unspecified atom stereocenters. The van der Waals surface area contributed by atoms with Gasteiger partial charge in [0.25, 0.3) is 5.88 Å². The van der Waals surface area contributed by atoms with Gasteiger partial charge in [-0.25, -0.2) is 4.98 Å². The Morgan fingerprint density at radius 3 is 3.15 bits per heavy atom. The lowest BCUT2D eigenvalue weighted by Crippen LogP contribution is -2.33. The van der Waals surface area contributed by atoms with Crippen LogP contribution < -0.4 is 9.47 Å². The minimum absolute atomic E-state index is 0.150. The second-order valence-electron chi connectivity index (χ2n) is 3.52. The molecule has 0 aromatic carbocycles. The third-order valence-electron chi connectivity index (χ3n) is 2.14. The Morgan fingerprint density at radius 1 is 1.54 bits per heavy atom. The van der Waals surface area contributed by atoms with Crippen LogP contribution in [-0.2, 0) is 0 Å². The minimum atomic E-state index is 0.150. The van der Waals surface area contributed by atoms with Crippen LogP contribution in [0.4, 0.5) is 0 Å². The van der Waals surface area contributed by atoms with Gasteiger partial charge in [-0.3, -0.25) is 0 Å². The van der Waals surface area contributed by atoms with Crippen LogP contribution in [0.5, 0.6) is 11.6 Å². The van der Waals surface area contributed by atoms with E-state index in [4.69, 9.17) is 9.47 Å². The lowest BCUT2D eigenvalue weighted by atomic mass is 10.1. The summed E-state index contributed by atoms with van der Waals surface area (Å²) in [6.45, 7) is 4.84. The summed E-state index contributed by atoms with van der Waals surface area (Å²) in [5, 5.41) is 0. The number of nitrogens with zero attached hydrogens (tertiary/aromatic N) is 1. The molecule has 1 aromatic rings. The maximum atomic E-state index is 5.71. The monoisotopic (exact) mass is 179 g/mol. The molecule has 0 saturated carbocycles. The Hall–Kier alpha value is -1.25. The number of fused-ring (bicyclic) bond motifs is 1. The summed E-state index contributed by atoms with van der Waals surface area (Å²) in [5.41, 5.74) is 0. The molecule has 0 saturated heterocycles. The third kappa shape index (κ3) is 1.59. The van der Waals surface area contributed by atoms with Gasteiger partial charge in [0, 0.05) is 6.20 Å². The predicted molar refractivity (Wildman–Crippen MR) is 49.0 cm³/mol. The molecule has 0 bridgehead atoms. The summed E-state index contributed by atoms with van der Waals surface area (Å²) in [6, 6.07) is 3.74. The fraction of sp³-hybridized carbons (Fsp3) is 0.500. The zero-order chi connectivity index (χ0) is 9.26. The van der Waals surface area contributed by atoms with E-state index in [-0.39, 0.29) is 6.10 Å². The molecule has 3 heteroatoms. The van der Waals surface area contributed by atoms with Gasteiger partial charge in [-0.15, -0.1) is 0 Å². The first kappa shape index (κ1) is 8.35. The SMILES string of the molecule is CC(C)[C@H]1COc2ncccc2O1. The van der Waals surface area contributed by atoms with Crippen molar-refractivity contribution in [2.75, 3.05) is 6.61 Å². The molecule has 3 nitrogen and oxygen atoms in total. The van der Waals surface area contributed by atoms with Gasteiger partial charge in [0.15, 0.2) is 5.75 Å². The Kier molecular flexibility index (Phi) is 2.08. The maximum absolute atomic E-state index is 5.71. The van der Waals surface area contributed by atoms with Crippen molar-refractivity contribution in [3.63, 3.8) is 0 Å². The fourth-order valence-electron chi connectivity index (χ4n) is 1.26. The molecule has 0 spiro atoms. The third-order valence-corrected chi connectivity index (χ3v) is 2.14. The number of aromatic nitrogens is 1. The van der Waals surface area contributed by atoms with E-state index in [1.807, 2.05) is 12.1 Å². The van der Waals surface area contributed by atoms with E-state index in [0.717, 1.165) is 5.75 Å². The molecule has 1 aliphatic heterocycles. The lowest BCUT2D eigenvalue weighted by Gasteiger charge is -2.27. The van der Waals surface area contributed by atoms with Crippen molar-refractivity contribution in [2.45, 2.75) is 20.0 Å². The molecule has 1 atom stereocenters. The Morgan fingerprint density at radius 2 is 2.38 bits per heavy atom. The first-order chi connectivity index (χ1) is 6.27. The van der Waals surface area contributed by atoms with Gasteiger partial charge in [0.1, 0.15) is 12.7 Å². The van der Waals surface area contributed by atoms with Gasteiger partial charge in [-0.2, -0.15) is 0 Å². The molecule has 0 N–H and O–H groups in total. The summed E-state index contributed by atoms with van der Waals surface area (Å²) in [4.78, 5) is 4.07. The van der Waals surface area contributed by atoms with E-state index in [1.165, 1.54) is 0 Å². The first-order valence-corrected chi connectivity index (χ1v) is 4.52. The summed E-state index contributed by atoms with van der Waals surface area (Å²) < 4.78 is 11.2. The molecule has 1 aromatic heterocycles. The topological polar surface area (TPSA) is 31.4 Å². The second kappa shape index (κ2) is 3.24. The molecule has 0 aliphatic carbocycles. The minimum Gasteiger partial charge on any atom is -0.481 e. The zero-order valence-electron chi connectivity index (χ0n) is 7.86. The summed E-state index contributed by atoms with van der Waals surface area (Å²) in [7, 11) is 0. The molecule has 1 aliphatic rings. The van der Waals surface area contributed by atoms with E-state index in [0.29, 0.717) is 18.4 Å². The highest BCUT2D eigenvalue weighted by Gasteiger charge is 2.23. The zero-order valence-corrected chi connectivity index (χ0v) is 7.86. The van der Waals surface area contributed by atoms with Crippen LogP contribution in [0.2, 0.25) is 0 Å². The van der Waals surface area contributed by atoms with Gasteiger partial charge in [-0.1, -0.05) is 13.8 Å². The van der Waals surface area contributed by atoms with Gasteiger partial charge < -0.3 is 9.47 Å². The van der Waals surface area contributed by atoms with Crippen LogP contribution in [0, 0.1) is 5.92 Å². The predicted octanol–water partition coefficient (Wildman–Crippen LogP) is 1.88. The number of rotatable bonds is 1. The van der Waals surface area contributed by atoms with Gasteiger partial charge >= 0.3 is 0 Å². The number of hydrogen-bond donors (Lipinski definition) is 0. The van der Waals surface area contributed by atoms with Crippen molar-refractivity contribution in [3.05, 3.63) is 18.3 Å². The van der Waals surface area contributed by atoms with Crippen molar-refractivity contribution in [1.82, 2.24) is 4.98 Å². The first-order valence-electron chi connectivity index (χ1n) is 4.52. The van der Waals surface area contributed by atoms with E-state index in [9.17, 15) is 0 Å². The standard InChI is InChI=1S/C10H13NO2/c1-7(2)9-6-12-10-8(13-9)4-3-5-11-10/h3-5,7,9H,6H2,1-2H3/t9-/m1/s1. The maximum Gasteiger partial charge on any atom is 0.257 e. The van der Waals surface area contributed by atoms with Gasteiger partial charge in [0.05, 0.1) is 0 Å². The van der Waals surface area contributed by atoms with Crippen LogP contribution in [-0.4, -0.2) is 17.7 Å². The van der Waals surface area contributed by atoms with E-state index < -0.39 is 0 Å². The van der Waals surface area contributed by atoms with Crippen LogP contribution in [0.25, 0.3) is 0 Å². The molecule has 0 radical (unpaired) electrons. The van der Waals surface area contributed by atoms with Crippen molar-refractivity contribution < 1.29 is 9.47 Å². The lowest BCUT2D eigenvalue weighted by molar-refractivity contribution is 0.0551. The summed E-state index contributed by atoms with van der Waals surface area (Å²) in [5.74, 6) is 1.83. The molecule has 2 heterocycles. The highest BCUT2D eigenvalue weighted by Crippen LogP contribution is 2.30. The number of hydrogen-bond acceptors (Lipinski definition) is 3. The largest absolute Gasteiger partial charge is 0.481 e. The molecule has 2 rings (SSSR count). The smallest absolute Gasteiger partial charge is 0.257 e. The molecular formula is C10H13NO2. The number of ether oxygens (including phenoxy) is 2. The summed E-state index contributed by atoms with van der Waals surface area (Å²) in [6.07, 6.45) is 1.86. The van der Waals surface area contributed by atoms with Gasteiger partial charge in [0.2, 0.25) is 0 Å². The Bertz CT molecular complexity index is 299.